The van der Waals surface area contributed by atoms with Crippen LogP contribution in [0, 0.1) is 13.8 Å². The number of ketones is 1. The zero-order chi connectivity index (χ0) is 27.0. The van der Waals surface area contributed by atoms with Crippen molar-refractivity contribution < 1.29 is 14.7 Å². The fraction of sp³-hybridized carbons (Fsp3) is 0.333. The van der Waals surface area contributed by atoms with Gasteiger partial charge in [-0.3, -0.25) is 14.5 Å². The van der Waals surface area contributed by atoms with E-state index in [1.807, 2.05) is 68.4 Å². The average molecular weight is 509 g/mol. The van der Waals surface area contributed by atoms with E-state index in [2.05, 4.69) is 24.8 Å². The molecule has 5 rings (SSSR count). The summed E-state index contributed by atoms with van der Waals surface area (Å²) in [5.74, 6) is -1.38. The lowest BCUT2D eigenvalue weighted by Gasteiger charge is -2.28. The van der Waals surface area contributed by atoms with Gasteiger partial charge in [-0.25, -0.2) is 0 Å². The van der Waals surface area contributed by atoms with Crippen molar-refractivity contribution in [3.05, 3.63) is 99.6 Å². The second kappa shape index (κ2) is 10.5. The monoisotopic (exact) mass is 508 g/mol. The fourth-order valence-electron chi connectivity index (χ4n) is 5.87. The Morgan fingerprint density at radius 2 is 1.58 bits per heavy atom. The molecule has 0 saturated carbocycles. The maximum absolute atomic E-state index is 13.6. The first-order valence-corrected chi connectivity index (χ1v) is 13.7. The minimum absolute atomic E-state index is 0.109. The van der Waals surface area contributed by atoms with Gasteiger partial charge in [0.2, 0.25) is 0 Å². The Bertz CT molecular complexity index is 1420. The molecular weight excluding hydrogens is 472 g/mol. The molecule has 5 nitrogen and oxygen atoms in total. The summed E-state index contributed by atoms with van der Waals surface area (Å²) in [6, 6.07) is 19.1. The highest BCUT2D eigenvalue weighted by Gasteiger charge is 2.47. The van der Waals surface area contributed by atoms with Crippen molar-refractivity contribution in [3.63, 3.8) is 0 Å². The first-order valence-electron chi connectivity index (χ1n) is 13.7. The Balaban J connectivity index is 1.68. The van der Waals surface area contributed by atoms with Crippen molar-refractivity contribution in [3.8, 4) is 0 Å². The predicted octanol–water partition coefficient (Wildman–Crippen LogP) is 6.65. The molecule has 196 valence electrons. The lowest BCUT2D eigenvalue weighted by Crippen LogP contribution is -2.30. The maximum Gasteiger partial charge on any atom is 0.300 e. The topological polar surface area (TPSA) is 60.9 Å². The van der Waals surface area contributed by atoms with Gasteiger partial charge in [0.15, 0.2) is 0 Å². The van der Waals surface area contributed by atoms with Crippen molar-refractivity contribution in [2.45, 2.75) is 59.4 Å². The third-order valence-corrected chi connectivity index (χ3v) is 8.03. The SMILES string of the molecule is CCN(CC)c1ccc(C2/C(=C(/O)c3ccc4c(c3)CCCC4)C(=O)C(=O)N2c2cc(C)ccc2C)cc1. The van der Waals surface area contributed by atoms with Crippen LogP contribution in [-0.2, 0) is 22.4 Å². The molecule has 3 aromatic carbocycles. The first-order chi connectivity index (χ1) is 18.3. The highest BCUT2D eigenvalue weighted by Crippen LogP contribution is 2.44. The molecule has 0 bridgehead atoms. The zero-order valence-electron chi connectivity index (χ0n) is 22.8. The number of aliphatic hydroxyl groups excluding tert-OH is 1. The Labute approximate surface area is 225 Å². The third kappa shape index (κ3) is 4.51. The molecule has 1 heterocycles. The molecule has 1 unspecified atom stereocenters. The van der Waals surface area contributed by atoms with Crippen molar-refractivity contribution in [2.24, 2.45) is 0 Å². The van der Waals surface area contributed by atoms with Crippen molar-refractivity contribution in [1.29, 1.82) is 0 Å². The molecule has 0 spiro atoms. The van der Waals surface area contributed by atoms with Gasteiger partial charge in [0.1, 0.15) is 5.76 Å². The van der Waals surface area contributed by atoms with Crippen LogP contribution in [0.2, 0.25) is 0 Å². The second-order valence-electron chi connectivity index (χ2n) is 10.4. The summed E-state index contributed by atoms with van der Waals surface area (Å²) in [7, 11) is 0. The Morgan fingerprint density at radius 3 is 2.26 bits per heavy atom. The quantitative estimate of drug-likeness (QED) is 0.230. The molecule has 1 N–H and O–H groups in total. The molecule has 38 heavy (non-hydrogen) atoms. The number of fused-ring (bicyclic) bond motifs is 1. The van der Waals surface area contributed by atoms with E-state index in [1.165, 1.54) is 17.5 Å². The number of hydrogen-bond acceptors (Lipinski definition) is 4. The van der Waals surface area contributed by atoms with Crippen LogP contribution in [0.5, 0.6) is 0 Å². The summed E-state index contributed by atoms with van der Waals surface area (Å²) in [4.78, 5) is 31.1. The lowest BCUT2D eigenvalue weighted by atomic mass is 9.88. The van der Waals surface area contributed by atoms with E-state index in [9.17, 15) is 14.7 Å². The molecule has 1 aliphatic heterocycles. The number of Topliss-reactive ketones (excluding diaryl/α,β-unsaturated/α-hetero) is 1. The normalized spacial score (nSPS) is 18.5. The highest BCUT2D eigenvalue weighted by molar-refractivity contribution is 6.51. The van der Waals surface area contributed by atoms with Crippen molar-refractivity contribution in [1.82, 2.24) is 0 Å². The molecule has 1 amide bonds. The van der Waals surface area contributed by atoms with Crippen LogP contribution >= 0.6 is 0 Å². The zero-order valence-corrected chi connectivity index (χ0v) is 22.8. The van der Waals surface area contributed by atoms with Crippen LogP contribution in [0.15, 0.2) is 66.2 Å². The van der Waals surface area contributed by atoms with Gasteiger partial charge in [-0.05, 0) is 105 Å². The van der Waals surface area contributed by atoms with Crippen LogP contribution in [0.25, 0.3) is 5.76 Å². The summed E-state index contributed by atoms with van der Waals surface area (Å²) in [5, 5.41) is 11.6. The molecule has 1 saturated heterocycles. The molecule has 3 aromatic rings. The van der Waals surface area contributed by atoms with Gasteiger partial charge in [-0.1, -0.05) is 36.4 Å². The van der Waals surface area contributed by atoms with Crippen LogP contribution in [0.1, 0.15) is 66.1 Å². The van der Waals surface area contributed by atoms with Crippen molar-refractivity contribution >= 4 is 28.8 Å². The van der Waals surface area contributed by atoms with Crippen LogP contribution < -0.4 is 9.80 Å². The minimum atomic E-state index is -0.725. The molecule has 0 radical (unpaired) electrons. The van der Waals surface area contributed by atoms with E-state index in [0.717, 1.165) is 54.7 Å². The Morgan fingerprint density at radius 1 is 0.895 bits per heavy atom. The summed E-state index contributed by atoms with van der Waals surface area (Å²) >= 11 is 0. The van der Waals surface area contributed by atoms with Gasteiger partial charge in [0, 0.05) is 30.0 Å². The largest absolute Gasteiger partial charge is 0.507 e. The van der Waals surface area contributed by atoms with Crippen LogP contribution in [0.3, 0.4) is 0 Å². The van der Waals surface area contributed by atoms with Gasteiger partial charge in [0.05, 0.1) is 11.6 Å². The van der Waals surface area contributed by atoms with E-state index in [4.69, 9.17) is 0 Å². The van der Waals surface area contributed by atoms with Gasteiger partial charge < -0.3 is 10.0 Å². The predicted molar refractivity (Wildman–Crippen MR) is 154 cm³/mol. The first kappa shape index (κ1) is 25.8. The summed E-state index contributed by atoms with van der Waals surface area (Å²) in [6.45, 7) is 9.92. The van der Waals surface area contributed by atoms with Gasteiger partial charge in [0.25, 0.3) is 11.7 Å². The van der Waals surface area contributed by atoms with Crippen molar-refractivity contribution in [2.75, 3.05) is 22.9 Å². The molecule has 5 heteroatoms. The summed E-state index contributed by atoms with van der Waals surface area (Å²) < 4.78 is 0. The summed E-state index contributed by atoms with van der Waals surface area (Å²) in [6.07, 6.45) is 4.28. The van der Waals surface area contributed by atoms with E-state index in [-0.39, 0.29) is 11.3 Å². The number of aliphatic hydroxyl groups is 1. The van der Waals surface area contributed by atoms with E-state index in [0.29, 0.717) is 11.3 Å². The van der Waals surface area contributed by atoms with E-state index < -0.39 is 17.7 Å². The standard InChI is InChI=1S/C33H36N2O3/c1-5-34(6-2)27-17-15-24(16-18-27)30-29(31(36)26-14-13-23-9-7-8-10-25(23)20-26)32(37)33(38)35(30)28-19-21(3)11-12-22(28)4/h11-20,30,36H,5-10H2,1-4H3/b31-29-. The molecule has 0 aromatic heterocycles. The van der Waals surface area contributed by atoms with E-state index in [1.54, 1.807) is 4.90 Å². The number of anilines is 2. The molecular formula is C33H36N2O3. The minimum Gasteiger partial charge on any atom is -0.507 e. The van der Waals surface area contributed by atoms with Gasteiger partial charge >= 0.3 is 0 Å². The van der Waals surface area contributed by atoms with Crippen LogP contribution in [0.4, 0.5) is 11.4 Å². The number of rotatable bonds is 6. The lowest BCUT2D eigenvalue weighted by molar-refractivity contribution is -0.132. The highest BCUT2D eigenvalue weighted by atomic mass is 16.3. The Kier molecular flexibility index (Phi) is 7.11. The molecule has 2 aliphatic rings. The number of amides is 1. The van der Waals surface area contributed by atoms with Gasteiger partial charge in [-0.15, -0.1) is 0 Å². The maximum atomic E-state index is 13.6. The summed E-state index contributed by atoms with van der Waals surface area (Å²) in [5.41, 5.74) is 7.70. The third-order valence-electron chi connectivity index (χ3n) is 8.03. The number of benzene rings is 3. The fourth-order valence-corrected chi connectivity index (χ4v) is 5.87. The molecule has 1 fully saturated rings. The molecule has 1 aliphatic carbocycles. The van der Waals surface area contributed by atoms with Crippen LogP contribution in [-0.4, -0.2) is 29.9 Å². The second-order valence-corrected chi connectivity index (χ2v) is 10.4. The smallest absolute Gasteiger partial charge is 0.300 e. The molecule has 1 atom stereocenters. The number of carbonyl (C=O) groups is 2. The number of carbonyl (C=O) groups excluding carboxylic acids is 2. The number of nitrogens with zero attached hydrogens (tertiary/aromatic N) is 2. The number of aryl methyl sites for hydroxylation is 4. The van der Waals surface area contributed by atoms with E-state index >= 15 is 0 Å². The average Bonchev–Trinajstić information content (AvgIpc) is 3.20. The number of hydrogen-bond donors (Lipinski definition) is 1. The Hall–Kier alpha value is -3.86. The van der Waals surface area contributed by atoms with Gasteiger partial charge in [-0.2, -0.15) is 0 Å².